The highest BCUT2D eigenvalue weighted by atomic mass is 32.2. The van der Waals surface area contributed by atoms with Gasteiger partial charge in [0.2, 0.25) is 5.91 Å². The van der Waals surface area contributed by atoms with E-state index in [4.69, 9.17) is 4.52 Å². The summed E-state index contributed by atoms with van der Waals surface area (Å²) in [6.07, 6.45) is 0.767. The molecule has 0 saturated heterocycles. The van der Waals surface area contributed by atoms with Gasteiger partial charge in [-0.1, -0.05) is 22.9 Å². The van der Waals surface area contributed by atoms with Crippen LogP contribution in [0.1, 0.15) is 16.9 Å². The molecule has 19 heavy (non-hydrogen) atoms. The average Bonchev–Trinajstić information content (AvgIpc) is 2.95. The molecule has 5 heteroatoms. The Balaban J connectivity index is 1.70. The first-order valence-electron chi connectivity index (χ1n) is 6.12. The fraction of sp³-hybridized carbons (Fsp3) is 0.286. The maximum Gasteiger partial charge on any atom is 0.239 e. The molecule has 0 aliphatic carbocycles. The molecule has 0 bridgehead atoms. The van der Waals surface area contributed by atoms with Crippen molar-refractivity contribution in [3.63, 3.8) is 0 Å². The van der Waals surface area contributed by atoms with E-state index in [0.717, 1.165) is 6.42 Å². The molecule has 0 fully saturated rings. The van der Waals surface area contributed by atoms with Crippen molar-refractivity contribution in [2.75, 3.05) is 5.32 Å². The van der Waals surface area contributed by atoms with Crippen LogP contribution in [0.3, 0.4) is 0 Å². The zero-order valence-electron chi connectivity index (χ0n) is 10.8. The molecule has 1 N–H and O–H groups in total. The van der Waals surface area contributed by atoms with Crippen LogP contribution in [0.5, 0.6) is 0 Å². The van der Waals surface area contributed by atoms with Gasteiger partial charge in [0.15, 0.2) is 5.82 Å². The number of aryl methyl sites for hydroxylation is 2. The van der Waals surface area contributed by atoms with Gasteiger partial charge < -0.3 is 9.84 Å². The number of benzene rings is 1. The minimum absolute atomic E-state index is 0.0212. The second-order valence-corrected chi connectivity index (χ2v) is 5.98. The van der Waals surface area contributed by atoms with Crippen molar-refractivity contribution in [3.8, 4) is 0 Å². The smallest absolute Gasteiger partial charge is 0.239 e. The van der Waals surface area contributed by atoms with Crippen molar-refractivity contribution in [1.82, 2.24) is 5.16 Å². The van der Waals surface area contributed by atoms with E-state index in [1.165, 1.54) is 16.0 Å². The van der Waals surface area contributed by atoms with E-state index in [9.17, 15) is 4.79 Å². The quantitative estimate of drug-likeness (QED) is 0.914. The predicted octanol–water partition coefficient (Wildman–Crippen LogP) is 2.95. The molecule has 0 radical (unpaired) electrons. The topological polar surface area (TPSA) is 55.1 Å². The molecule has 2 heterocycles. The summed E-state index contributed by atoms with van der Waals surface area (Å²) in [6.45, 7) is 3.86. The van der Waals surface area contributed by atoms with Crippen LogP contribution < -0.4 is 5.32 Å². The first kappa shape index (κ1) is 12.3. The van der Waals surface area contributed by atoms with Gasteiger partial charge in [0.05, 0.1) is 5.25 Å². The monoisotopic (exact) mass is 274 g/mol. The highest BCUT2D eigenvalue weighted by Crippen LogP contribution is 2.37. The SMILES string of the molecule is Cc1ccc2c(c1)S[C@@H](C(=O)Nc1cc(C)on1)C2. The summed E-state index contributed by atoms with van der Waals surface area (Å²) < 4.78 is 4.93. The van der Waals surface area contributed by atoms with E-state index in [2.05, 4.69) is 35.6 Å². The first-order chi connectivity index (χ1) is 9.11. The Morgan fingerprint density at radius 3 is 3.00 bits per heavy atom. The minimum atomic E-state index is -0.0891. The van der Waals surface area contributed by atoms with Gasteiger partial charge in [-0.15, -0.1) is 11.8 Å². The third-order valence-electron chi connectivity index (χ3n) is 3.07. The molecule has 1 amide bonds. The fourth-order valence-electron chi connectivity index (χ4n) is 2.11. The van der Waals surface area contributed by atoms with Crippen molar-refractivity contribution >= 4 is 23.5 Å². The maximum absolute atomic E-state index is 12.2. The Labute approximate surface area is 115 Å². The van der Waals surface area contributed by atoms with E-state index in [1.54, 1.807) is 24.8 Å². The number of nitrogens with one attached hydrogen (secondary N) is 1. The van der Waals surface area contributed by atoms with Crippen molar-refractivity contribution < 1.29 is 9.32 Å². The first-order valence-corrected chi connectivity index (χ1v) is 7.00. The van der Waals surface area contributed by atoms with E-state index < -0.39 is 0 Å². The lowest BCUT2D eigenvalue weighted by molar-refractivity contribution is -0.115. The molecule has 1 aliphatic rings. The number of amides is 1. The van der Waals surface area contributed by atoms with Crippen molar-refractivity contribution in [3.05, 3.63) is 41.2 Å². The number of hydrogen-bond donors (Lipinski definition) is 1. The Hall–Kier alpha value is -1.75. The summed E-state index contributed by atoms with van der Waals surface area (Å²) >= 11 is 1.61. The molecule has 0 saturated carbocycles. The van der Waals surface area contributed by atoms with E-state index in [0.29, 0.717) is 11.6 Å². The average molecular weight is 274 g/mol. The summed E-state index contributed by atoms with van der Waals surface area (Å²) in [7, 11) is 0. The molecule has 4 nitrogen and oxygen atoms in total. The van der Waals surface area contributed by atoms with E-state index in [-0.39, 0.29) is 11.2 Å². The van der Waals surface area contributed by atoms with Crippen LogP contribution in [0.4, 0.5) is 5.82 Å². The van der Waals surface area contributed by atoms with Gasteiger partial charge in [-0.2, -0.15) is 0 Å². The lowest BCUT2D eigenvalue weighted by atomic mass is 10.1. The molecule has 1 aromatic carbocycles. The van der Waals surface area contributed by atoms with Gasteiger partial charge in [-0.05, 0) is 31.9 Å². The maximum atomic E-state index is 12.2. The number of fused-ring (bicyclic) bond motifs is 1. The Kier molecular flexibility index (Phi) is 3.06. The zero-order chi connectivity index (χ0) is 13.4. The number of carbonyl (C=O) groups is 1. The van der Waals surface area contributed by atoms with E-state index >= 15 is 0 Å². The third-order valence-corrected chi connectivity index (χ3v) is 4.37. The van der Waals surface area contributed by atoms with E-state index in [1.807, 2.05) is 0 Å². The second-order valence-electron chi connectivity index (χ2n) is 4.73. The minimum Gasteiger partial charge on any atom is -0.360 e. The van der Waals surface area contributed by atoms with Crippen molar-refractivity contribution in [1.29, 1.82) is 0 Å². The molecule has 98 valence electrons. The van der Waals surface area contributed by atoms with Crippen LogP contribution in [0.25, 0.3) is 0 Å². The van der Waals surface area contributed by atoms with Gasteiger partial charge in [0, 0.05) is 11.0 Å². The molecule has 2 aromatic rings. The highest BCUT2D eigenvalue weighted by molar-refractivity contribution is 8.01. The fourth-order valence-corrected chi connectivity index (χ4v) is 3.41. The number of anilines is 1. The van der Waals surface area contributed by atoms with Gasteiger partial charge in [0.1, 0.15) is 5.76 Å². The Morgan fingerprint density at radius 1 is 1.42 bits per heavy atom. The molecule has 0 spiro atoms. The lowest BCUT2D eigenvalue weighted by Gasteiger charge is -2.06. The third kappa shape index (κ3) is 2.51. The zero-order valence-corrected chi connectivity index (χ0v) is 11.6. The van der Waals surface area contributed by atoms with Crippen LogP contribution in [0.15, 0.2) is 33.7 Å². The number of thioether (sulfide) groups is 1. The van der Waals surface area contributed by atoms with Crippen LogP contribution in [-0.2, 0) is 11.2 Å². The van der Waals surface area contributed by atoms with Gasteiger partial charge in [-0.25, -0.2) is 0 Å². The molecule has 1 aromatic heterocycles. The molecule has 1 atom stereocenters. The lowest BCUT2D eigenvalue weighted by Crippen LogP contribution is -2.24. The molecule has 3 rings (SSSR count). The number of carbonyl (C=O) groups excluding carboxylic acids is 1. The van der Waals surface area contributed by atoms with Crippen molar-refractivity contribution in [2.24, 2.45) is 0 Å². The van der Waals surface area contributed by atoms with Gasteiger partial charge in [0.25, 0.3) is 0 Å². The predicted molar refractivity (Wildman–Crippen MR) is 74.4 cm³/mol. The van der Waals surface area contributed by atoms with Crippen LogP contribution in [0.2, 0.25) is 0 Å². The standard InChI is InChI=1S/C14H14N2O2S/c1-8-3-4-10-7-12(19-11(10)5-8)14(17)15-13-6-9(2)18-16-13/h3-6,12H,7H2,1-2H3,(H,15,16,17)/t12-/m1/s1. The van der Waals surface area contributed by atoms with Crippen LogP contribution in [-0.4, -0.2) is 16.3 Å². The summed E-state index contributed by atoms with van der Waals surface area (Å²) in [5.74, 6) is 1.15. The Bertz CT molecular complexity index is 636. The van der Waals surface area contributed by atoms with Crippen LogP contribution in [0, 0.1) is 13.8 Å². The molecular formula is C14H14N2O2S. The van der Waals surface area contributed by atoms with Crippen LogP contribution >= 0.6 is 11.8 Å². The molecular weight excluding hydrogens is 260 g/mol. The molecule has 1 aliphatic heterocycles. The highest BCUT2D eigenvalue weighted by Gasteiger charge is 2.28. The summed E-state index contributed by atoms with van der Waals surface area (Å²) in [5, 5.41) is 6.47. The Morgan fingerprint density at radius 2 is 2.26 bits per heavy atom. The summed E-state index contributed by atoms with van der Waals surface area (Å²) in [4.78, 5) is 13.4. The van der Waals surface area contributed by atoms with Crippen molar-refractivity contribution in [2.45, 2.75) is 30.4 Å². The molecule has 0 unspecified atom stereocenters. The second kappa shape index (κ2) is 4.74. The number of rotatable bonds is 2. The number of aromatic nitrogens is 1. The largest absolute Gasteiger partial charge is 0.360 e. The number of hydrogen-bond acceptors (Lipinski definition) is 4. The van der Waals surface area contributed by atoms with Gasteiger partial charge in [-0.3, -0.25) is 4.79 Å². The van der Waals surface area contributed by atoms with Gasteiger partial charge >= 0.3 is 0 Å². The summed E-state index contributed by atoms with van der Waals surface area (Å²) in [5.41, 5.74) is 2.46. The normalized spacial score (nSPS) is 17.3. The number of nitrogens with zero attached hydrogens (tertiary/aromatic N) is 1. The summed E-state index contributed by atoms with van der Waals surface area (Å²) in [6, 6.07) is 8.04.